The molecule has 0 aliphatic carbocycles. The molecule has 3 aliphatic rings. The number of carbonyl (C=O) groups is 1. The monoisotopic (exact) mass is 540 g/mol. The normalized spacial score (nSPS) is 31.5. The molecule has 0 N–H and O–H groups in total. The van der Waals surface area contributed by atoms with Gasteiger partial charge in [-0.25, -0.2) is 4.79 Å². The molecule has 2 fully saturated rings. The summed E-state index contributed by atoms with van der Waals surface area (Å²) in [6.07, 6.45) is -1.24. The standard InChI is InChI=1S/C30H36O9/c1-29(2)37-24-25(38-29)30(28(31)33-4,39-27(24)36-18-21-13-9-6-10-14-21)16-22-15-23(26(32-3)35-19-22)34-17-20-11-7-5-8-12-20/h5-15,23-27H,16-19H2,1-4H3/t23-,24-,25+,26+,27-,30-/m0/s1. The number of benzene rings is 2. The van der Waals surface area contributed by atoms with Crippen LogP contribution >= 0.6 is 0 Å². The zero-order chi connectivity index (χ0) is 27.5. The zero-order valence-electron chi connectivity index (χ0n) is 22.7. The van der Waals surface area contributed by atoms with Crippen LogP contribution in [0.25, 0.3) is 0 Å². The smallest absolute Gasteiger partial charge is 0.341 e. The number of fused-ring (bicyclic) bond motifs is 1. The van der Waals surface area contributed by atoms with Crippen LogP contribution < -0.4 is 0 Å². The summed E-state index contributed by atoms with van der Waals surface area (Å²) < 4.78 is 47.9. The number of rotatable bonds is 10. The van der Waals surface area contributed by atoms with Crippen molar-refractivity contribution in [1.29, 1.82) is 0 Å². The highest BCUT2D eigenvalue weighted by Crippen LogP contribution is 2.48. The molecule has 0 aromatic heterocycles. The lowest BCUT2D eigenvalue weighted by Gasteiger charge is -2.35. The molecule has 0 radical (unpaired) electrons. The largest absolute Gasteiger partial charge is 0.467 e. The number of ether oxygens (including phenoxy) is 8. The topological polar surface area (TPSA) is 90.9 Å². The highest BCUT2D eigenvalue weighted by molar-refractivity contribution is 5.81. The lowest BCUT2D eigenvalue weighted by Crippen LogP contribution is -2.52. The first-order valence-electron chi connectivity index (χ1n) is 13.1. The molecule has 2 aromatic rings. The highest BCUT2D eigenvalue weighted by Gasteiger charge is 2.67. The third-order valence-electron chi connectivity index (χ3n) is 7.08. The molecule has 5 rings (SSSR count). The molecule has 210 valence electrons. The van der Waals surface area contributed by atoms with Gasteiger partial charge in [-0.1, -0.05) is 60.7 Å². The predicted molar refractivity (Wildman–Crippen MR) is 139 cm³/mol. The molecule has 0 saturated carbocycles. The fourth-order valence-corrected chi connectivity index (χ4v) is 5.31. The van der Waals surface area contributed by atoms with Crippen molar-refractivity contribution >= 4 is 5.97 Å². The second-order valence-electron chi connectivity index (χ2n) is 10.4. The third-order valence-corrected chi connectivity index (χ3v) is 7.08. The van der Waals surface area contributed by atoms with E-state index in [4.69, 9.17) is 37.9 Å². The second kappa shape index (κ2) is 11.9. The summed E-state index contributed by atoms with van der Waals surface area (Å²) >= 11 is 0. The summed E-state index contributed by atoms with van der Waals surface area (Å²) in [5.74, 6) is -1.51. The van der Waals surface area contributed by atoms with E-state index in [1.807, 2.05) is 66.7 Å². The number of carbonyl (C=O) groups excluding carboxylic acids is 1. The molecule has 0 spiro atoms. The first-order valence-corrected chi connectivity index (χ1v) is 13.1. The van der Waals surface area contributed by atoms with E-state index in [1.54, 1.807) is 21.0 Å². The van der Waals surface area contributed by atoms with Crippen LogP contribution in [-0.4, -0.2) is 69.1 Å². The zero-order valence-corrected chi connectivity index (χ0v) is 22.7. The van der Waals surface area contributed by atoms with E-state index in [0.717, 1.165) is 16.7 Å². The van der Waals surface area contributed by atoms with Gasteiger partial charge in [0, 0.05) is 13.5 Å². The van der Waals surface area contributed by atoms with Gasteiger partial charge in [0.1, 0.15) is 18.3 Å². The van der Waals surface area contributed by atoms with Crippen LogP contribution in [0.5, 0.6) is 0 Å². The van der Waals surface area contributed by atoms with Gasteiger partial charge in [0.25, 0.3) is 0 Å². The fraction of sp³-hybridized carbons (Fsp3) is 0.500. The summed E-state index contributed by atoms with van der Waals surface area (Å²) in [7, 11) is 2.91. The van der Waals surface area contributed by atoms with Crippen LogP contribution in [0.2, 0.25) is 0 Å². The number of hydrogen-bond donors (Lipinski definition) is 0. The predicted octanol–water partition coefficient (Wildman–Crippen LogP) is 3.90. The van der Waals surface area contributed by atoms with Crippen LogP contribution in [-0.2, 0) is 55.9 Å². The molecule has 9 nitrogen and oxygen atoms in total. The molecule has 2 aromatic carbocycles. The van der Waals surface area contributed by atoms with Gasteiger partial charge in [-0.05, 0) is 36.6 Å². The summed E-state index contributed by atoms with van der Waals surface area (Å²) in [6.45, 7) is 4.50. The number of esters is 1. The molecular formula is C30H36O9. The Hall–Kier alpha value is -2.63. The maximum absolute atomic E-state index is 13.4. The summed E-state index contributed by atoms with van der Waals surface area (Å²) in [5, 5.41) is 0. The maximum Gasteiger partial charge on any atom is 0.341 e. The van der Waals surface area contributed by atoms with Gasteiger partial charge < -0.3 is 37.9 Å². The molecule has 3 aliphatic heterocycles. The molecule has 0 bridgehead atoms. The minimum atomic E-state index is -1.51. The number of methoxy groups -OCH3 is 2. The van der Waals surface area contributed by atoms with E-state index in [0.29, 0.717) is 6.61 Å². The Morgan fingerprint density at radius 3 is 2.13 bits per heavy atom. The van der Waals surface area contributed by atoms with E-state index in [2.05, 4.69) is 0 Å². The van der Waals surface area contributed by atoms with Crippen molar-refractivity contribution in [3.05, 3.63) is 83.4 Å². The Labute approximate surface area is 228 Å². The summed E-state index contributed by atoms with van der Waals surface area (Å²) in [5.41, 5.74) is 1.28. The van der Waals surface area contributed by atoms with E-state index in [-0.39, 0.29) is 19.6 Å². The Bertz CT molecular complexity index is 1140. The van der Waals surface area contributed by atoms with Gasteiger partial charge in [0.05, 0.1) is 26.9 Å². The van der Waals surface area contributed by atoms with Crippen LogP contribution in [0.15, 0.2) is 72.3 Å². The van der Waals surface area contributed by atoms with E-state index >= 15 is 0 Å². The Morgan fingerprint density at radius 2 is 1.51 bits per heavy atom. The van der Waals surface area contributed by atoms with Crippen molar-refractivity contribution in [2.24, 2.45) is 0 Å². The van der Waals surface area contributed by atoms with Crippen molar-refractivity contribution in [3.8, 4) is 0 Å². The Balaban J connectivity index is 1.39. The van der Waals surface area contributed by atoms with Gasteiger partial charge >= 0.3 is 5.97 Å². The van der Waals surface area contributed by atoms with Gasteiger partial charge in [-0.2, -0.15) is 0 Å². The first kappa shape index (κ1) is 27.9. The van der Waals surface area contributed by atoms with Crippen LogP contribution in [0.1, 0.15) is 31.4 Å². The lowest BCUT2D eigenvalue weighted by atomic mass is 9.87. The first-order chi connectivity index (χ1) is 18.8. The highest BCUT2D eigenvalue weighted by atomic mass is 16.8. The average Bonchev–Trinajstić information content (AvgIpc) is 3.43. The van der Waals surface area contributed by atoms with E-state index < -0.39 is 48.2 Å². The Kier molecular flexibility index (Phi) is 8.49. The van der Waals surface area contributed by atoms with Gasteiger partial charge in [0.2, 0.25) is 5.60 Å². The third kappa shape index (κ3) is 6.10. The minimum absolute atomic E-state index is 0.146. The van der Waals surface area contributed by atoms with Crippen molar-refractivity contribution < 1.29 is 42.7 Å². The van der Waals surface area contributed by atoms with Gasteiger partial charge in [-0.3, -0.25) is 0 Å². The molecule has 9 heteroatoms. The van der Waals surface area contributed by atoms with Crippen LogP contribution in [0.3, 0.4) is 0 Å². The van der Waals surface area contributed by atoms with Gasteiger partial charge in [-0.15, -0.1) is 0 Å². The minimum Gasteiger partial charge on any atom is -0.467 e. The van der Waals surface area contributed by atoms with Crippen molar-refractivity contribution in [1.82, 2.24) is 0 Å². The van der Waals surface area contributed by atoms with Crippen LogP contribution in [0, 0.1) is 0 Å². The van der Waals surface area contributed by atoms with E-state index in [1.165, 1.54) is 7.11 Å². The average molecular weight is 541 g/mol. The fourth-order valence-electron chi connectivity index (χ4n) is 5.31. The SMILES string of the molecule is COC(=O)[C@@]1(CC2=C[C@H](OCc3ccccc3)[C@H](OC)OC2)O[C@H](OCc2ccccc2)[C@H]2OC(C)(C)O[C@H]21. The van der Waals surface area contributed by atoms with Crippen molar-refractivity contribution in [2.75, 3.05) is 20.8 Å². The maximum atomic E-state index is 13.4. The quantitative estimate of drug-likeness (QED) is 0.329. The molecule has 39 heavy (non-hydrogen) atoms. The molecule has 2 saturated heterocycles. The van der Waals surface area contributed by atoms with E-state index in [9.17, 15) is 4.79 Å². The van der Waals surface area contributed by atoms with Crippen LogP contribution in [0.4, 0.5) is 0 Å². The number of hydrogen-bond acceptors (Lipinski definition) is 9. The molecule has 3 heterocycles. The molecular weight excluding hydrogens is 504 g/mol. The molecule has 6 atom stereocenters. The molecule has 0 unspecified atom stereocenters. The Morgan fingerprint density at radius 1 is 0.872 bits per heavy atom. The second-order valence-corrected chi connectivity index (χ2v) is 10.4. The van der Waals surface area contributed by atoms with Crippen molar-refractivity contribution in [2.45, 2.75) is 75.8 Å². The van der Waals surface area contributed by atoms with Gasteiger partial charge in [0.15, 0.2) is 18.4 Å². The lowest BCUT2D eigenvalue weighted by molar-refractivity contribution is -0.260. The van der Waals surface area contributed by atoms with Crippen molar-refractivity contribution in [3.63, 3.8) is 0 Å². The molecule has 0 amide bonds. The summed E-state index contributed by atoms with van der Waals surface area (Å²) in [4.78, 5) is 13.4. The summed E-state index contributed by atoms with van der Waals surface area (Å²) in [6, 6.07) is 19.6.